The SMILES string of the molecule is CN1C(=O)COc2cc(B3OC(C)(C)C(C)(C)O3)cc(Cl)c21. The monoisotopic (exact) mass is 323 g/mol. The Balaban J connectivity index is 1.98. The quantitative estimate of drug-likeness (QED) is 0.742. The molecular formula is C15H19BClNO4. The molecule has 22 heavy (non-hydrogen) atoms. The zero-order valence-electron chi connectivity index (χ0n) is 13.4. The predicted molar refractivity (Wildman–Crippen MR) is 86.1 cm³/mol. The van der Waals surface area contributed by atoms with Gasteiger partial charge in [-0.1, -0.05) is 11.6 Å². The number of rotatable bonds is 1. The number of nitrogens with zero attached hydrogens (tertiary/aromatic N) is 1. The number of hydrogen-bond acceptors (Lipinski definition) is 4. The van der Waals surface area contributed by atoms with Crippen LogP contribution in [0.1, 0.15) is 27.7 Å². The van der Waals surface area contributed by atoms with Gasteiger partial charge in [0.1, 0.15) is 11.4 Å². The molecule has 2 heterocycles. The van der Waals surface area contributed by atoms with Crippen LogP contribution in [0, 0.1) is 0 Å². The van der Waals surface area contributed by atoms with Crippen molar-refractivity contribution in [2.24, 2.45) is 0 Å². The van der Waals surface area contributed by atoms with E-state index in [2.05, 4.69) is 0 Å². The molecule has 0 unspecified atom stereocenters. The number of hydrogen-bond donors (Lipinski definition) is 0. The number of ether oxygens (including phenoxy) is 1. The van der Waals surface area contributed by atoms with E-state index < -0.39 is 18.3 Å². The lowest BCUT2D eigenvalue weighted by Crippen LogP contribution is -2.41. The summed E-state index contributed by atoms with van der Waals surface area (Å²) in [5.74, 6) is 0.442. The minimum Gasteiger partial charge on any atom is -0.482 e. The number of anilines is 1. The summed E-state index contributed by atoms with van der Waals surface area (Å²) in [6.45, 7) is 7.99. The number of amides is 1. The number of carbonyl (C=O) groups excluding carboxylic acids is 1. The van der Waals surface area contributed by atoms with Gasteiger partial charge in [0.05, 0.1) is 16.2 Å². The van der Waals surface area contributed by atoms with E-state index in [1.807, 2.05) is 33.8 Å². The molecule has 1 saturated heterocycles. The van der Waals surface area contributed by atoms with E-state index >= 15 is 0 Å². The highest BCUT2D eigenvalue weighted by atomic mass is 35.5. The molecular weight excluding hydrogens is 304 g/mol. The highest BCUT2D eigenvalue weighted by Crippen LogP contribution is 2.40. The summed E-state index contributed by atoms with van der Waals surface area (Å²) < 4.78 is 17.6. The second-order valence-corrected chi connectivity index (χ2v) is 7.09. The Kier molecular flexibility index (Phi) is 3.47. The molecule has 0 bridgehead atoms. The van der Waals surface area contributed by atoms with Crippen molar-refractivity contribution >= 4 is 35.8 Å². The smallest absolute Gasteiger partial charge is 0.482 e. The summed E-state index contributed by atoms with van der Waals surface area (Å²) >= 11 is 6.34. The van der Waals surface area contributed by atoms with Gasteiger partial charge in [-0.05, 0) is 45.3 Å². The summed E-state index contributed by atoms with van der Waals surface area (Å²) in [5, 5.41) is 0.442. The number of carbonyl (C=O) groups is 1. The average molecular weight is 324 g/mol. The van der Waals surface area contributed by atoms with E-state index in [4.69, 9.17) is 25.6 Å². The van der Waals surface area contributed by atoms with Crippen LogP contribution in [0.5, 0.6) is 5.75 Å². The lowest BCUT2D eigenvalue weighted by molar-refractivity contribution is -0.120. The fourth-order valence-corrected chi connectivity index (χ4v) is 2.85. The molecule has 2 aliphatic heterocycles. The summed E-state index contributed by atoms with van der Waals surface area (Å²) in [5.41, 5.74) is 0.518. The molecule has 1 fully saturated rings. The molecule has 0 aromatic heterocycles. The van der Waals surface area contributed by atoms with Crippen LogP contribution in [-0.2, 0) is 14.1 Å². The van der Waals surface area contributed by atoms with E-state index in [1.54, 1.807) is 13.1 Å². The molecule has 0 aliphatic carbocycles. The third kappa shape index (κ3) is 2.30. The van der Waals surface area contributed by atoms with Crippen molar-refractivity contribution < 1.29 is 18.8 Å². The standard InChI is InChI=1S/C15H19BClNO4/c1-14(2)15(3,4)22-16(21-14)9-6-10(17)13-11(7-9)20-8-12(19)18(13)5/h6-7H,8H2,1-5H3. The van der Waals surface area contributed by atoms with Crippen LogP contribution in [0.4, 0.5) is 5.69 Å². The highest BCUT2D eigenvalue weighted by molar-refractivity contribution is 6.62. The van der Waals surface area contributed by atoms with Crippen molar-refractivity contribution in [3.05, 3.63) is 17.2 Å². The van der Waals surface area contributed by atoms with Gasteiger partial charge in [-0.2, -0.15) is 0 Å². The second-order valence-electron chi connectivity index (χ2n) is 6.68. The predicted octanol–water partition coefficient (Wildman–Crippen LogP) is 1.99. The van der Waals surface area contributed by atoms with Gasteiger partial charge in [0.15, 0.2) is 6.61 Å². The Bertz CT molecular complexity index is 631. The molecule has 0 atom stereocenters. The molecule has 0 spiro atoms. The zero-order chi connectivity index (χ0) is 16.3. The lowest BCUT2D eigenvalue weighted by atomic mass is 9.79. The minimum atomic E-state index is -0.515. The Morgan fingerprint density at radius 2 is 1.77 bits per heavy atom. The normalized spacial score (nSPS) is 22.5. The van der Waals surface area contributed by atoms with Crippen LogP contribution in [0.3, 0.4) is 0 Å². The van der Waals surface area contributed by atoms with Gasteiger partial charge in [0, 0.05) is 7.05 Å². The van der Waals surface area contributed by atoms with Crippen molar-refractivity contribution in [2.75, 3.05) is 18.6 Å². The van der Waals surface area contributed by atoms with Gasteiger partial charge in [0.2, 0.25) is 0 Å². The number of halogens is 1. The summed E-state index contributed by atoms with van der Waals surface area (Å²) in [7, 11) is 1.17. The van der Waals surface area contributed by atoms with Crippen LogP contribution in [0.25, 0.3) is 0 Å². The van der Waals surface area contributed by atoms with Gasteiger partial charge in [-0.25, -0.2) is 0 Å². The van der Waals surface area contributed by atoms with E-state index in [9.17, 15) is 4.79 Å². The van der Waals surface area contributed by atoms with Crippen molar-refractivity contribution in [1.29, 1.82) is 0 Å². The van der Waals surface area contributed by atoms with Crippen LogP contribution in [0.15, 0.2) is 12.1 Å². The molecule has 3 rings (SSSR count). The molecule has 1 aromatic carbocycles. The first-order valence-electron chi connectivity index (χ1n) is 7.21. The largest absolute Gasteiger partial charge is 0.495 e. The molecule has 7 heteroatoms. The molecule has 2 aliphatic rings. The molecule has 118 valence electrons. The maximum absolute atomic E-state index is 11.7. The maximum atomic E-state index is 11.7. The number of benzene rings is 1. The fourth-order valence-electron chi connectivity index (χ4n) is 2.51. The fraction of sp³-hybridized carbons (Fsp3) is 0.533. The van der Waals surface area contributed by atoms with E-state index in [0.717, 1.165) is 5.46 Å². The first-order valence-corrected chi connectivity index (χ1v) is 7.58. The lowest BCUT2D eigenvalue weighted by Gasteiger charge is -2.32. The van der Waals surface area contributed by atoms with Gasteiger partial charge >= 0.3 is 7.12 Å². The van der Waals surface area contributed by atoms with Gasteiger partial charge in [0.25, 0.3) is 5.91 Å². The molecule has 0 radical (unpaired) electrons. The Hall–Kier alpha value is -1.24. The Morgan fingerprint density at radius 3 is 2.36 bits per heavy atom. The minimum absolute atomic E-state index is 0.00660. The summed E-state index contributed by atoms with van der Waals surface area (Å²) in [4.78, 5) is 13.2. The van der Waals surface area contributed by atoms with Gasteiger partial charge in [-0.15, -0.1) is 0 Å². The Morgan fingerprint density at radius 1 is 1.18 bits per heavy atom. The van der Waals surface area contributed by atoms with Crippen LogP contribution in [-0.4, -0.2) is 37.9 Å². The van der Waals surface area contributed by atoms with E-state index in [-0.39, 0.29) is 12.5 Å². The zero-order valence-corrected chi connectivity index (χ0v) is 14.2. The number of likely N-dealkylation sites (N-methyl/N-ethyl adjacent to an activating group) is 1. The van der Waals surface area contributed by atoms with Crippen molar-refractivity contribution in [3.8, 4) is 5.75 Å². The topological polar surface area (TPSA) is 48.0 Å². The van der Waals surface area contributed by atoms with Crippen molar-refractivity contribution in [3.63, 3.8) is 0 Å². The maximum Gasteiger partial charge on any atom is 0.495 e. The second kappa shape index (κ2) is 4.88. The highest BCUT2D eigenvalue weighted by Gasteiger charge is 2.52. The van der Waals surface area contributed by atoms with Gasteiger partial charge in [-0.3, -0.25) is 4.79 Å². The molecule has 0 N–H and O–H groups in total. The first-order chi connectivity index (χ1) is 10.1. The molecule has 1 amide bonds. The van der Waals surface area contributed by atoms with Crippen LogP contribution in [0.2, 0.25) is 5.02 Å². The van der Waals surface area contributed by atoms with Crippen LogP contribution >= 0.6 is 11.6 Å². The molecule has 5 nitrogen and oxygen atoms in total. The summed E-state index contributed by atoms with van der Waals surface area (Å²) in [6, 6.07) is 3.59. The number of fused-ring (bicyclic) bond motifs is 1. The summed E-state index contributed by atoms with van der Waals surface area (Å²) in [6.07, 6.45) is 0. The molecule has 0 saturated carbocycles. The van der Waals surface area contributed by atoms with Crippen molar-refractivity contribution in [2.45, 2.75) is 38.9 Å². The van der Waals surface area contributed by atoms with Crippen LogP contribution < -0.4 is 15.1 Å². The van der Waals surface area contributed by atoms with E-state index in [1.165, 1.54) is 4.90 Å². The van der Waals surface area contributed by atoms with Gasteiger partial charge < -0.3 is 18.9 Å². The average Bonchev–Trinajstić information content (AvgIpc) is 2.62. The van der Waals surface area contributed by atoms with Crippen molar-refractivity contribution in [1.82, 2.24) is 0 Å². The Labute approximate surface area is 135 Å². The third-order valence-electron chi connectivity index (χ3n) is 4.64. The third-order valence-corrected chi connectivity index (χ3v) is 4.92. The molecule has 1 aromatic rings. The first kappa shape index (κ1) is 15.7. The van der Waals surface area contributed by atoms with E-state index in [0.29, 0.717) is 16.5 Å².